The molecule has 13 heteroatoms. The second kappa shape index (κ2) is 12.8. The first-order valence-corrected chi connectivity index (χ1v) is 18.9. The zero-order chi connectivity index (χ0) is 36.7. The van der Waals surface area contributed by atoms with E-state index in [9.17, 15) is 31.5 Å². The van der Waals surface area contributed by atoms with E-state index in [1.807, 2.05) is 29.4 Å². The minimum atomic E-state index is -4.95. The third kappa shape index (κ3) is 6.08. The molecule has 4 bridgehead atoms. The summed E-state index contributed by atoms with van der Waals surface area (Å²) in [4.78, 5) is 37.3. The zero-order valence-corrected chi connectivity index (χ0v) is 29.8. The molecule has 52 heavy (non-hydrogen) atoms. The highest BCUT2D eigenvalue weighted by atomic mass is 19.4. The summed E-state index contributed by atoms with van der Waals surface area (Å²) >= 11 is 0. The second-order valence-electron chi connectivity index (χ2n) is 16.3. The van der Waals surface area contributed by atoms with Crippen LogP contribution in [-0.4, -0.2) is 67.8 Å². The largest absolute Gasteiger partial charge is 0.490 e. The molecule has 0 spiro atoms. The highest BCUT2D eigenvalue weighted by molar-refractivity contribution is 6.01. The number of hydrogen-bond donors (Lipinski definition) is 1. The number of likely N-dealkylation sites (tertiary alicyclic amines) is 1. The second-order valence-corrected chi connectivity index (χ2v) is 16.3. The molecule has 5 saturated carbocycles. The van der Waals surface area contributed by atoms with E-state index in [1.165, 1.54) is 6.92 Å². The van der Waals surface area contributed by atoms with Crippen LogP contribution in [0.2, 0.25) is 0 Å². The van der Waals surface area contributed by atoms with E-state index in [2.05, 4.69) is 15.3 Å². The molecule has 6 aliphatic rings. The summed E-state index contributed by atoms with van der Waals surface area (Å²) in [7, 11) is 0. The van der Waals surface area contributed by atoms with Crippen LogP contribution >= 0.6 is 0 Å². The van der Waals surface area contributed by atoms with Gasteiger partial charge in [-0.05, 0) is 114 Å². The van der Waals surface area contributed by atoms with Crippen LogP contribution in [0.25, 0.3) is 22.3 Å². The molecule has 6 fully saturated rings. The number of aromatic nitrogens is 3. The van der Waals surface area contributed by atoms with Crippen molar-refractivity contribution < 1.29 is 36.3 Å². The molecule has 1 N–H and O–H groups in total. The zero-order valence-electron chi connectivity index (χ0n) is 29.8. The van der Waals surface area contributed by atoms with Gasteiger partial charge in [-0.25, -0.2) is 18.7 Å². The van der Waals surface area contributed by atoms with Crippen LogP contribution in [0.3, 0.4) is 0 Å². The van der Waals surface area contributed by atoms with Gasteiger partial charge < -0.3 is 14.6 Å². The summed E-state index contributed by atoms with van der Waals surface area (Å²) < 4.78 is 79.3. The van der Waals surface area contributed by atoms with Gasteiger partial charge in [-0.3, -0.25) is 14.5 Å². The number of alkyl halides is 5. The lowest BCUT2D eigenvalue weighted by atomic mass is 9.47. The van der Waals surface area contributed by atoms with Crippen LogP contribution in [-0.2, 0) is 11.0 Å². The number of ether oxygens (including phenoxy) is 1. The number of fused-ring (bicyclic) bond motifs is 1. The molecule has 1 amide bonds. The number of amides is 1. The van der Waals surface area contributed by atoms with Gasteiger partial charge in [0, 0.05) is 41.5 Å². The van der Waals surface area contributed by atoms with Crippen LogP contribution < -0.4 is 10.1 Å². The van der Waals surface area contributed by atoms with Crippen molar-refractivity contribution >= 4 is 22.6 Å². The first-order valence-electron chi connectivity index (χ1n) is 18.9. The van der Waals surface area contributed by atoms with E-state index < -0.39 is 34.8 Å². The van der Waals surface area contributed by atoms with Gasteiger partial charge in [-0.1, -0.05) is 6.92 Å². The number of Topliss-reactive ketones (excluding diaryl/α,β-unsaturated/α-hetero) is 1. The number of hydrogen-bond acceptors (Lipinski definition) is 6. The predicted molar refractivity (Wildman–Crippen MR) is 184 cm³/mol. The third-order valence-electron chi connectivity index (χ3n) is 13.1. The molecule has 8 nitrogen and oxygen atoms in total. The van der Waals surface area contributed by atoms with E-state index >= 15 is 0 Å². The number of halogens is 5. The molecule has 1 aromatic carbocycles. The molecule has 0 unspecified atom stereocenters. The topological polar surface area (TPSA) is 89.3 Å². The first kappa shape index (κ1) is 35.4. The van der Waals surface area contributed by atoms with Crippen molar-refractivity contribution in [1.82, 2.24) is 24.8 Å². The number of benzene rings is 1. The Bertz CT molecular complexity index is 1850. The van der Waals surface area contributed by atoms with Crippen molar-refractivity contribution in [3.63, 3.8) is 0 Å². The van der Waals surface area contributed by atoms with Crippen LogP contribution in [0.4, 0.5) is 22.0 Å². The standard InChI is InChI=1S/C39H46F5N5O3/c1-4-21(2)49-18-32(30-10-9-29(16-33(30)49)52-28-7-5-27(6-8-28)48-19-37(40,41)20-48)35-45-17-31(34(46-35)39(42,43)44)36(51)47-38(22(3)50)25-12-23-11-24(14-25)15-26(38)13-23/h9-10,16-18,21,23-28H,4-8,11-15,19-20H2,1-3H3,(H,47,51)/t21-,23?,24?,25?,26?,27-,28-,38?/m1/s1. The lowest BCUT2D eigenvalue weighted by molar-refractivity contribution is -0.151. The Labute approximate surface area is 299 Å². The van der Waals surface area contributed by atoms with Gasteiger partial charge in [0.2, 0.25) is 0 Å². The summed E-state index contributed by atoms with van der Waals surface area (Å²) in [6.45, 7) is 5.12. The molecule has 5 aliphatic carbocycles. The van der Waals surface area contributed by atoms with Crippen LogP contribution in [0.5, 0.6) is 5.75 Å². The Morgan fingerprint density at radius 2 is 1.67 bits per heavy atom. The smallest absolute Gasteiger partial charge is 0.434 e. The van der Waals surface area contributed by atoms with Crippen molar-refractivity contribution in [2.75, 3.05) is 13.1 Å². The van der Waals surface area contributed by atoms with Crippen molar-refractivity contribution in [2.24, 2.45) is 23.7 Å². The Morgan fingerprint density at radius 1 is 1.02 bits per heavy atom. The van der Waals surface area contributed by atoms with Gasteiger partial charge in [0.25, 0.3) is 11.8 Å². The quantitative estimate of drug-likeness (QED) is 0.224. The van der Waals surface area contributed by atoms with Crippen LogP contribution in [0, 0.1) is 23.7 Å². The molecule has 1 saturated heterocycles. The maximum atomic E-state index is 14.7. The first-order chi connectivity index (χ1) is 24.6. The predicted octanol–water partition coefficient (Wildman–Crippen LogP) is 8.24. The van der Waals surface area contributed by atoms with Gasteiger partial charge in [0.1, 0.15) is 11.3 Å². The van der Waals surface area contributed by atoms with Gasteiger partial charge in [0.15, 0.2) is 17.3 Å². The average Bonchev–Trinajstić information content (AvgIpc) is 3.46. The van der Waals surface area contributed by atoms with Gasteiger partial charge >= 0.3 is 6.18 Å². The number of rotatable bonds is 9. The van der Waals surface area contributed by atoms with Crippen LogP contribution in [0.1, 0.15) is 107 Å². The Morgan fingerprint density at radius 3 is 2.25 bits per heavy atom. The number of carbonyl (C=O) groups excluding carboxylic acids is 2. The minimum absolute atomic E-state index is 0.00696. The van der Waals surface area contributed by atoms with E-state index in [0.29, 0.717) is 28.5 Å². The van der Waals surface area contributed by atoms with Gasteiger partial charge in [-0.15, -0.1) is 0 Å². The number of ketones is 1. The monoisotopic (exact) mass is 727 g/mol. The highest BCUT2D eigenvalue weighted by Gasteiger charge is 2.60. The van der Waals surface area contributed by atoms with Crippen LogP contribution in [0.15, 0.2) is 30.6 Å². The molecular weight excluding hydrogens is 681 g/mol. The molecule has 2 aromatic heterocycles. The Hall–Kier alpha value is -3.61. The molecule has 0 radical (unpaired) electrons. The summed E-state index contributed by atoms with van der Waals surface area (Å²) in [5.41, 5.74) is -2.06. The van der Waals surface area contributed by atoms with Crippen molar-refractivity contribution in [3.8, 4) is 17.1 Å². The number of nitrogens with one attached hydrogen (secondary N) is 1. The Kier molecular flexibility index (Phi) is 8.69. The summed E-state index contributed by atoms with van der Waals surface area (Å²) in [6, 6.07) is 5.60. The van der Waals surface area contributed by atoms with E-state index in [1.54, 1.807) is 18.3 Å². The van der Waals surface area contributed by atoms with Crippen molar-refractivity contribution in [2.45, 2.75) is 121 Å². The van der Waals surface area contributed by atoms with Gasteiger partial charge in [0.05, 0.1) is 30.3 Å². The molecule has 9 rings (SSSR count). The lowest BCUT2D eigenvalue weighted by Crippen LogP contribution is -2.69. The highest BCUT2D eigenvalue weighted by Crippen LogP contribution is 2.58. The summed E-state index contributed by atoms with van der Waals surface area (Å²) in [5, 5.41) is 3.50. The van der Waals surface area contributed by atoms with Gasteiger partial charge in [-0.2, -0.15) is 13.2 Å². The van der Waals surface area contributed by atoms with Crippen molar-refractivity contribution in [3.05, 3.63) is 41.9 Å². The lowest BCUT2D eigenvalue weighted by Gasteiger charge is -2.60. The summed E-state index contributed by atoms with van der Waals surface area (Å²) in [5.74, 6) is -2.48. The maximum absolute atomic E-state index is 14.7. The maximum Gasteiger partial charge on any atom is 0.434 e. The molecular formula is C39H46F5N5O3. The fourth-order valence-corrected chi connectivity index (χ4v) is 10.5. The number of carbonyl (C=O) groups is 2. The van der Waals surface area contributed by atoms with Crippen molar-refractivity contribution in [1.29, 1.82) is 0 Å². The summed E-state index contributed by atoms with van der Waals surface area (Å²) in [6.07, 6.45) is 5.79. The molecule has 1 atom stereocenters. The van der Waals surface area contributed by atoms with E-state index in [-0.39, 0.29) is 54.7 Å². The fraction of sp³-hybridized carbons (Fsp3) is 0.641. The molecule has 3 aromatic rings. The SMILES string of the molecule is CC[C@@H](C)n1cc(-c2ncc(C(=O)NC3(C(C)=O)C4CC5CC(C4)CC3C5)c(C(F)(F)F)n2)c2ccc(O[C@H]3CC[C@H](N4CC(F)(F)C4)CC3)cc21. The number of nitrogens with zero attached hydrogens (tertiary/aromatic N) is 4. The molecule has 3 heterocycles. The average molecular weight is 728 g/mol. The normalized spacial score (nSPS) is 31.7. The minimum Gasteiger partial charge on any atom is -0.490 e. The van der Waals surface area contributed by atoms with E-state index in [0.717, 1.165) is 75.9 Å². The fourth-order valence-electron chi connectivity index (χ4n) is 10.5. The molecule has 280 valence electrons. The van der Waals surface area contributed by atoms with E-state index in [4.69, 9.17) is 4.74 Å². The third-order valence-corrected chi connectivity index (χ3v) is 13.1. The molecule has 1 aliphatic heterocycles. The Balaban J connectivity index is 1.07.